The highest BCUT2D eigenvalue weighted by atomic mass is 16.5. The molecule has 2 rings (SSSR count). The van der Waals surface area contributed by atoms with Crippen molar-refractivity contribution in [3.63, 3.8) is 0 Å². The molecule has 1 aromatic rings. The molecule has 114 valence electrons. The van der Waals surface area contributed by atoms with Crippen LogP contribution in [0, 0.1) is 5.92 Å². The summed E-state index contributed by atoms with van der Waals surface area (Å²) < 4.78 is 4.70. The Balaban J connectivity index is 1.80. The van der Waals surface area contributed by atoms with E-state index in [9.17, 15) is 9.59 Å². The SMILES string of the molecule is COC(=O)c1cccc(CCNC(=O)C2CCNCC2)c1. The summed E-state index contributed by atoms with van der Waals surface area (Å²) in [6.45, 7) is 2.42. The van der Waals surface area contributed by atoms with Gasteiger partial charge in [0.2, 0.25) is 5.91 Å². The maximum absolute atomic E-state index is 12.0. The fourth-order valence-electron chi connectivity index (χ4n) is 2.53. The van der Waals surface area contributed by atoms with Crippen LogP contribution < -0.4 is 10.6 Å². The highest BCUT2D eigenvalue weighted by Crippen LogP contribution is 2.11. The zero-order valence-electron chi connectivity index (χ0n) is 12.4. The van der Waals surface area contributed by atoms with Crippen molar-refractivity contribution in [1.82, 2.24) is 10.6 Å². The van der Waals surface area contributed by atoms with Gasteiger partial charge in [-0.25, -0.2) is 4.79 Å². The first-order valence-electron chi connectivity index (χ1n) is 7.36. The summed E-state index contributed by atoms with van der Waals surface area (Å²) in [6.07, 6.45) is 2.52. The molecule has 1 heterocycles. The maximum Gasteiger partial charge on any atom is 0.337 e. The van der Waals surface area contributed by atoms with Crippen LogP contribution in [-0.4, -0.2) is 38.6 Å². The average Bonchev–Trinajstić information content (AvgIpc) is 2.55. The third kappa shape index (κ3) is 4.56. The summed E-state index contributed by atoms with van der Waals surface area (Å²) in [5.41, 5.74) is 1.56. The van der Waals surface area contributed by atoms with Crippen LogP contribution in [0.5, 0.6) is 0 Å². The summed E-state index contributed by atoms with van der Waals surface area (Å²) in [6, 6.07) is 7.31. The van der Waals surface area contributed by atoms with Gasteiger partial charge in [0.25, 0.3) is 0 Å². The number of ether oxygens (including phenoxy) is 1. The highest BCUT2D eigenvalue weighted by molar-refractivity contribution is 5.89. The van der Waals surface area contributed by atoms with Gasteiger partial charge in [-0.2, -0.15) is 0 Å². The number of nitrogens with one attached hydrogen (secondary N) is 2. The fraction of sp³-hybridized carbons (Fsp3) is 0.500. The number of methoxy groups -OCH3 is 1. The van der Waals surface area contributed by atoms with Gasteiger partial charge in [0.05, 0.1) is 12.7 Å². The van der Waals surface area contributed by atoms with Crippen molar-refractivity contribution in [3.8, 4) is 0 Å². The number of hydrogen-bond donors (Lipinski definition) is 2. The first-order chi connectivity index (χ1) is 10.2. The van der Waals surface area contributed by atoms with Crippen LogP contribution in [0.15, 0.2) is 24.3 Å². The second kappa shape index (κ2) is 7.78. The predicted octanol–water partition coefficient (Wildman–Crippen LogP) is 1.13. The van der Waals surface area contributed by atoms with E-state index in [-0.39, 0.29) is 17.8 Å². The average molecular weight is 290 g/mol. The van der Waals surface area contributed by atoms with E-state index in [1.807, 2.05) is 18.2 Å². The van der Waals surface area contributed by atoms with E-state index in [4.69, 9.17) is 4.74 Å². The van der Waals surface area contributed by atoms with Crippen molar-refractivity contribution in [3.05, 3.63) is 35.4 Å². The van der Waals surface area contributed by atoms with Gasteiger partial charge in [0.15, 0.2) is 0 Å². The van der Waals surface area contributed by atoms with Gasteiger partial charge in [-0.3, -0.25) is 4.79 Å². The summed E-state index contributed by atoms with van der Waals surface area (Å²) in [7, 11) is 1.37. The zero-order chi connectivity index (χ0) is 15.1. The minimum atomic E-state index is -0.337. The maximum atomic E-state index is 12.0. The van der Waals surface area contributed by atoms with Crippen molar-refractivity contribution in [1.29, 1.82) is 0 Å². The van der Waals surface area contributed by atoms with Crippen LogP contribution in [0.2, 0.25) is 0 Å². The van der Waals surface area contributed by atoms with Crippen molar-refractivity contribution in [2.24, 2.45) is 5.92 Å². The summed E-state index contributed by atoms with van der Waals surface area (Å²) in [5.74, 6) is -0.0659. The highest BCUT2D eigenvalue weighted by Gasteiger charge is 2.20. The Bertz CT molecular complexity index is 496. The first-order valence-corrected chi connectivity index (χ1v) is 7.36. The van der Waals surface area contributed by atoms with Crippen LogP contribution in [0.25, 0.3) is 0 Å². The Kier molecular flexibility index (Phi) is 5.75. The molecule has 1 saturated heterocycles. The number of rotatable bonds is 5. The van der Waals surface area contributed by atoms with Crippen LogP contribution in [0.1, 0.15) is 28.8 Å². The van der Waals surface area contributed by atoms with Gasteiger partial charge in [-0.1, -0.05) is 12.1 Å². The van der Waals surface area contributed by atoms with Crippen LogP contribution >= 0.6 is 0 Å². The molecular formula is C16H22N2O3. The van der Waals surface area contributed by atoms with Gasteiger partial charge in [-0.15, -0.1) is 0 Å². The molecule has 0 aliphatic carbocycles. The standard InChI is InChI=1S/C16H22N2O3/c1-21-16(20)14-4-2-3-12(11-14)5-10-18-15(19)13-6-8-17-9-7-13/h2-4,11,13,17H,5-10H2,1H3,(H,18,19). The van der Waals surface area contributed by atoms with Crippen LogP contribution in [0.4, 0.5) is 0 Å². The number of carbonyl (C=O) groups excluding carboxylic acids is 2. The molecule has 0 radical (unpaired) electrons. The van der Waals surface area contributed by atoms with E-state index in [0.29, 0.717) is 18.5 Å². The summed E-state index contributed by atoms with van der Waals surface area (Å²) in [4.78, 5) is 23.5. The van der Waals surface area contributed by atoms with E-state index < -0.39 is 0 Å². The lowest BCUT2D eigenvalue weighted by atomic mass is 9.97. The van der Waals surface area contributed by atoms with Gasteiger partial charge >= 0.3 is 5.97 Å². The molecule has 1 amide bonds. The predicted molar refractivity (Wildman–Crippen MR) is 80.1 cm³/mol. The lowest BCUT2D eigenvalue weighted by molar-refractivity contribution is -0.125. The van der Waals surface area contributed by atoms with Crippen LogP contribution in [-0.2, 0) is 16.0 Å². The van der Waals surface area contributed by atoms with Gasteiger partial charge in [0.1, 0.15) is 0 Å². The third-order valence-electron chi connectivity index (χ3n) is 3.77. The Labute approximate surface area is 125 Å². The lowest BCUT2D eigenvalue weighted by Gasteiger charge is -2.21. The molecular weight excluding hydrogens is 268 g/mol. The Morgan fingerprint density at radius 1 is 1.33 bits per heavy atom. The molecule has 1 aromatic carbocycles. The largest absolute Gasteiger partial charge is 0.465 e. The summed E-state index contributed by atoms with van der Waals surface area (Å²) >= 11 is 0. The van der Waals surface area contributed by atoms with Crippen LogP contribution in [0.3, 0.4) is 0 Å². The number of benzene rings is 1. The van der Waals surface area contributed by atoms with Crippen molar-refractivity contribution in [2.45, 2.75) is 19.3 Å². The van der Waals surface area contributed by atoms with E-state index in [1.54, 1.807) is 6.07 Å². The van der Waals surface area contributed by atoms with E-state index in [0.717, 1.165) is 31.5 Å². The van der Waals surface area contributed by atoms with Gasteiger partial charge < -0.3 is 15.4 Å². The summed E-state index contributed by atoms with van der Waals surface area (Å²) in [5, 5.41) is 6.23. The van der Waals surface area contributed by atoms with E-state index in [2.05, 4.69) is 10.6 Å². The fourth-order valence-corrected chi connectivity index (χ4v) is 2.53. The molecule has 5 nitrogen and oxygen atoms in total. The molecule has 2 N–H and O–H groups in total. The lowest BCUT2D eigenvalue weighted by Crippen LogP contribution is -2.38. The molecule has 21 heavy (non-hydrogen) atoms. The Hall–Kier alpha value is -1.88. The molecule has 0 unspecified atom stereocenters. The Morgan fingerprint density at radius 2 is 2.10 bits per heavy atom. The molecule has 1 aliphatic heterocycles. The quantitative estimate of drug-likeness (QED) is 0.798. The molecule has 0 saturated carbocycles. The van der Waals surface area contributed by atoms with E-state index in [1.165, 1.54) is 7.11 Å². The molecule has 0 spiro atoms. The third-order valence-corrected chi connectivity index (χ3v) is 3.77. The van der Waals surface area contributed by atoms with Gasteiger partial charge in [-0.05, 0) is 50.0 Å². The van der Waals surface area contributed by atoms with Crippen molar-refractivity contribution >= 4 is 11.9 Å². The number of carbonyl (C=O) groups is 2. The van der Waals surface area contributed by atoms with E-state index >= 15 is 0 Å². The molecule has 1 aliphatic rings. The van der Waals surface area contributed by atoms with Crippen molar-refractivity contribution in [2.75, 3.05) is 26.7 Å². The number of esters is 1. The smallest absolute Gasteiger partial charge is 0.337 e. The van der Waals surface area contributed by atoms with Crippen molar-refractivity contribution < 1.29 is 14.3 Å². The molecule has 5 heteroatoms. The molecule has 0 atom stereocenters. The second-order valence-corrected chi connectivity index (χ2v) is 5.26. The zero-order valence-corrected chi connectivity index (χ0v) is 12.4. The number of piperidine rings is 1. The minimum Gasteiger partial charge on any atom is -0.465 e. The number of hydrogen-bond acceptors (Lipinski definition) is 4. The Morgan fingerprint density at radius 3 is 2.81 bits per heavy atom. The molecule has 0 bridgehead atoms. The minimum absolute atomic E-state index is 0.132. The normalized spacial score (nSPS) is 15.5. The monoisotopic (exact) mass is 290 g/mol. The second-order valence-electron chi connectivity index (χ2n) is 5.26. The van der Waals surface area contributed by atoms with Gasteiger partial charge in [0, 0.05) is 12.5 Å². The first kappa shape index (κ1) is 15.5. The molecule has 1 fully saturated rings. The molecule has 0 aromatic heterocycles. The number of amides is 1. The topological polar surface area (TPSA) is 67.4 Å².